The molecule has 2 aromatic heterocycles. The number of hydrogen-bond acceptors (Lipinski definition) is 4. The highest BCUT2D eigenvalue weighted by atomic mass is 127. The molecular formula is C18H24IN7. The van der Waals surface area contributed by atoms with Crippen molar-refractivity contribution >= 4 is 41.3 Å². The molecule has 2 heterocycles. The molecule has 3 rings (SSSR count). The van der Waals surface area contributed by atoms with Crippen molar-refractivity contribution in [2.45, 2.75) is 13.1 Å². The van der Waals surface area contributed by atoms with Gasteiger partial charge in [-0.2, -0.15) is 0 Å². The molecule has 0 spiro atoms. The van der Waals surface area contributed by atoms with Crippen LogP contribution in [0.4, 0.5) is 5.69 Å². The van der Waals surface area contributed by atoms with Crippen molar-refractivity contribution in [3.05, 3.63) is 60.0 Å². The minimum absolute atomic E-state index is 0. The van der Waals surface area contributed by atoms with Crippen molar-refractivity contribution in [2.24, 2.45) is 4.99 Å². The Bertz CT molecular complexity index is 855. The van der Waals surface area contributed by atoms with E-state index in [2.05, 4.69) is 55.0 Å². The molecule has 0 unspecified atom stereocenters. The van der Waals surface area contributed by atoms with Gasteiger partial charge in [0.25, 0.3) is 0 Å². The van der Waals surface area contributed by atoms with Crippen LogP contribution in [0.2, 0.25) is 0 Å². The van der Waals surface area contributed by atoms with Crippen molar-refractivity contribution in [1.82, 2.24) is 25.2 Å². The second-order valence-electron chi connectivity index (χ2n) is 5.89. The van der Waals surface area contributed by atoms with Gasteiger partial charge in [-0.3, -0.25) is 9.39 Å². The highest BCUT2D eigenvalue weighted by Crippen LogP contribution is 2.11. The van der Waals surface area contributed by atoms with Gasteiger partial charge >= 0.3 is 0 Å². The molecule has 0 aliphatic heterocycles. The van der Waals surface area contributed by atoms with Gasteiger partial charge in [-0.15, -0.1) is 34.2 Å². The Kier molecular flexibility index (Phi) is 7.19. The Morgan fingerprint density at radius 3 is 2.46 bits per heavy atom. The predicted octanol–water partition coefficient (Wildman–Crippen LogP) is 2.28. The normalized spacial score (nSPS) is 11.1. The minimum atomic E-state index is 0. The van der Waals surface area contributed by atoms with Crippen molar-refractivity contribution in [3.63, 3.8) is 0 Å². The summed E-state index contributed by atoms with van der Waals surface area (Å²) in [4.78, 5) is 6.34. The maximum atomic E-state index is 4.26. The topological polar surface area (TPSA) is 69.8 Å². The average molecular weight is 465 g/mol. The molecule has 0 amide bonds. The molecule has 26 heavy (non-hydrogen) atoms. The molecule has 7 nitrogen and oxygen atoms in total. The summed E-state index contributed by atoms with van der Waals surface area (Å²) in [5.41, 5.74) is 3.22. The Labute approximate surface area is 170 Å². The highest BCUT2D eigenvalue weighted by molar-refractivity contribution is 14.0. The maximum Gasteiger partial charge on any atom is 0.191 e. The SMILES string of the molecule is CN=C(NCc1ccc(N(C)C)cc1)NCc1nnc2ccccn12.I. The standard InChI is InChI=1S/C18H23N7.HI/c1-19-18(20-12-14-7-9-15(10-8-14)24(2)3)21-13-17-23-22-16-6-4-5-11-25(16)17;/h4-11H,12-13H2,1-3H3,(H2,19,20,21);1H. The van der Waals surface area contributed by atoms with Crippen LogP contribution in [0.15, 0.2) is 53.7 Å². The van der Waals surface area contributed by atoms with Crippen molar-refractivity contribution in [2.75, 3.05) is 26.0 Å². The molecule has 0 aliphatic rings. The molecule has 0 bridgehead atoms. The Hall–Kier alpha value is -2.36. The number of aromatic nitrogens is 3. The molecule has 8 heteroatoms. The number of nitrogens with one attached hydrogen (secondary N) is 2. The number of halogens is 1. The van der Waals surface area contributed by atoms with Gasteiger partial charge in [-0.25, -0.2) is 0 Å². The van der Waals surface area contributed by atoms with E-state index in [0.29, 0.717) is 13.1 Å². The molecule has 0 aliphatic carbocycles. The minimum Gasteiger partial charge on any atom is -0.378 e. The average Bonchev–Trinajstić information content (AvgIpc) is 3.05. The van der Waals surface area contributed by atoms with Gasteiger partial charge in [-0.05, 0) is 29.8 Å². The van der Waals surface area contributed by atoms with Crippen LogP contribution in [-0.4, -0.2) is 41.7 Å². The van der Waals surface area contributed by atoms with E-state index in [9.17, 15) is 0 Å². The molecule has 3 aromatic rings. The molecular weight excluding hydrogens is 441 g/mol. The second kappa shape index (κ2) is 9.37. The van der Waals surface area contributed by atoms with Crippen molar-refractivity contribution < 1.29 is 0 Å². The van der Waals surface area contributed by atoms with Crippen molar-refractivity contribution in [1.29, 1.82) is 0 Å². The van der Waals surface area contributed by atoms with E-state index >= 15 is 0 Å². The third-order valence-corrected chi connectivity index (χ3v) is 3.93. The number of aliphatic imine (C=N–C) groups is 1. The van der Waals surface area contributed by atoms with Crippen LogP contribution >= 0.6 is 24.0 Å². The third kappa shape index (κ3) is 4.84. The van der Waals surface area contributed by atoms with Gasteiger partial charge in [0.05, 0.1) is 6.54 Å². The van der Waals surface area contributed by atoms with Crippen LogP contribution in [0.5, 0.6) is 0 Å². The number of anilines is 1. The molecule has 2 N–H and O–H groups in total. The smallest absolute Gasteiger partial charge is 0.191 e. The highest BCUT2D eigenvalue weighted by Gasteiger charge is 2.05. The molecule has 0 radical (unpaired) electrons. The molecule has 0 fully saturated rings. The number of fused-ring (bicyclic) bond motifs is 1. The summed E-state index contributed by atoms with van der Waals surface area (Å²) in [7, 11) is 5.83. The van der Waals surface area contributed by atoms with Crippen LogP contribution < -0.4 is 15.5 Å². The lowest BCUT2D eigenvalue weighted by Gasteiger charge is -2.14. The van der Waals surface area contributed by atoms with Gasteiger partial charge in [0.15, 0.2) is 17.4 Å². The largest absolute Gasteiger partial charge is 0.378 e. The summed E-state index contributed by atoms with van der Waals surface area (Å²) in [6, 6.07) is 14.3. The quantitative estimate of drug-likeness (QED) is 0.344. The summed E-state index contributed by atoms with van der Waals surface area (Å²) in [5, 5.41) is 14.9. The molecule has 0 saturated carbocycles. The van der Waals surface area contributed by atoms with Crippen LogP contribution in [-0.2, 0) is 13.1 Å². The zero-order valence-corrected chi connectivity index (χ0v) is 17.5. The van der Waals surface area contributed by atoms with E-state index in [1.165, 1.54) is 11.3 Å². The van der Waals surface area contributed by atoms with E-state index in [1.54, 1.807) is 7.05 Å². The summed E-state index contributed by atoms with van der Waals surface area (Å²) < 4.78 is 1.96. The third-order valence-electron chi connectivity index (χ3n) is 3.93. The number of rotatable bonds is 5. The fourth-order valence-electron chi connectivity index (χ4n) is 2.49. The summed E-state index contributed by atoms with van der Waals surface area (Å²) in [5.74, 6) is 1.57. The first-order valence-electron chi connectivity index (χ1n) is 8.17. The first-order valence-corrected chi connectivity index (χ1v) is 8.17. The summed E-state index contributed by atoms with van der Waals surface area (Å²) in [6.45, 7) is 1.25. The summed E-state index contributed by atoms with van der Waals surface area (Å²) >= 11 is 0. The van der Waals surface area contributed by atoms with Gasteiger partial charge in [0.2, 0.25) is 0 Å². The Morgan fingerprint density at radius 2 is 1.77 bits per heavy atom. The number of hydrogen-bond donors (Lipinski definition) is 2. The number of benzene rings is 1. The molecule has 1 aromatic carbocycles. The van der Waals surface area contributed by atoms with Gasteiger partial charge in [0, 0.05) is 39.6 Å². The fourth-order valence-corrected chi connectivity index (χ4v) is 2.49. The fraction of sp³-hybridized carbons (Fsp3) is 0.278. The Morgan fingerprint density at radius 1 is 1.04 bits per heavy atom. The van der Waals surface area contributed by atoms with Crippen LogP contribution in [0.1, 0.15) is 11.4 Å². The zero-order chi connectivity index (χ0) is 17.6. The number of pyridine rings is 1. The van der Waals surface area contributed by atoms with Crippen LogP contribution in [0, 0.1) is 0 Å². The Balaban J connectivity index is 0.00000243. The van der Waals surface area contributed by atoms with E-state index in [0.717, 1.165) is 17.4 Å². The predicted molar refractivity (Wildman–Crippen MR) is 116 cm³/mol. The maximum absolute atomic E-state index is 4.26. The van der Waals surface area contributed by atoms with Gasteiger partial charge in [0.1, 0.15) is 0 Å². The monoisotopic (exact) mass is 465 g/mol. The van der Waals surface area contributed by atoms with Crippen LogP contribution in [0.3, 0.4) is 0 Å². The lowest BCUT2D eigenvalue weighted by Crippen LogP contribution is -2.36. The van der Waals surface area contributed by atoms with Gasteiger partial charge < -0.3 is 15.5 Å². The lowest BCUT2D eigenvalue weighted by molar-refractivity contribution is 0.762. The zero-order valence-electron chi connectivity index (χ0n) is 15.2. The van der Waals surface area contributed by atoms with E-state index in [4.69, 9.17) is 0 Å². The molecule has 0 saturated heterocycles. The summed E-state index contributed by atoms with van der Waals surface area (Å²) in [6.07, 6.45) is 1.95. The molecule has 138 valence electrons. The van der Waals surface area contributed by atoms with Gasteiger partial charge in [-0.1, -0.05) is 18.2 Å². The van der Waals surface area contributed by atoms with E-state index in [1.807, 2.05) is 42.9 Å². The number of guanidine groups is 1. The first kappa shape index (κ1) is 20.0. The second-order valence-corrected chi connectivity index (χ2v) is 5.89. The van der Waals surface area contributed by atoms with Crippen molar-refractivity contribution in [3.8, 4) is 0 Å². The van der Waals surface area contributed by atoms with Crippen LogP contribution in [0.25, 0.3) is 5.65 Å². The lowest BCUT2D eigenvalue weighted by atomic mass is 10.2. The molecule has 0 atom stereocenters. The first-order chi connectivity index (χ1) is 12.2. The number of nitrogens with zero attached hydrogens (tertiary/aromatic N) is 5. The van der Waals surface area contributed by atoms with E-state index in [-0.39, 0.29) is 24.0 Å². The van der Waals surface area contributed by atoms with E-state index < -0.39 is 0 Å².